The Morgan fingerprint density at radius 1 is 0.933 bits per heavy atom. The van der Waals surface area contributed by atoms with Crippen LogP contribution in [0, 0.1) is 0 Å². The van der Waals surface area contributed by atoms with E-state index in [0.29, 0.717) is 6.04 Å². The topological polar surface area (TPSA) is 15.6 Å². The molecule has 0 spiro atoms. The van der Waals surface area contributed by atoms with E-state index in [1.165, 1.54) is 34.0 Å². The molecule has 0 bridgehead atoms. The normalized spacial score (nSPS) is 19.8. The van der Waals surface area contributed by atoms with Gasteiger partial charge in [-0.3, -0.25) is 0 Å². The van der Waals surface area contributed by atoms with Crippen molar-refractivity contribution in [3.05, 3.63) is 102 Å². The van der Waals surface area contributed by atoms with Gasteiger partial charge in [0.15, 0.2) is 0 Å². The third kappa shape index (κ3) is 3.70. The first-order chi connectivity index (χ1) is 14.8. The van der Waals surface area contributed by atoms with Gasteiger partial charge in [0, 0.05) is 12.1 Å². The van der Waals surface area contributed by atoms with Gasteiger partial charge in [0.2, 0.25) is 0 Å². The van der Waals surface area contributed by atoms with Gasteiger partial charge >= 0.3 is 0 Å². The van der Waals surface area contributed by atoms with Crippen molar-refractivity contribution in [2.45, 2.75) is 45.1 Å². The first kappa shape index (κ1) is 18.9. The molecule has 0 aromatic heterocycles. The predicted molar refractivity (Wildman–Crippen MR) is 128 cm³/mol. The molecular weight excluding hydrogens is 364 g/mol. The molecule has 1 aliphatic carbocycles. The summed E-state index contributed by atoms with van der Waals surface area (Å²) in [7, 11) is 0. The summed E-state index contributed by atoms with van der Waals surface area (Å²) in [5.41, 5.74) is 5.10. The fraction of sp³-hybridized carbons (Fsp3) is 0.250. The molecule has 1 saturated heterocycles. The number of hydrogen-bond acceptors (Lipinski definition) is 1. The molecule has 0 radical (unpaired) electrons. The maximum Gasteiger partial charge on any atom is 0.112 e. The molecule has 30 heavy (non-hydrogen) atoms. The van der Waals surface area contributed by atoms with Crippen LogP contribution in [0.1, 0.15) is 49.8 Å². The van der Waals surface area contributed by atoms with Gasteiger partial charge in [-0.1, -0.05) is 74.0 Å². The molecule has 0 N–H and O–H groups in total. The number of nitrogens with zero attached hydrogens (tertiary/aromatic N) is 2. The van der Waals surface area contributed by atoms with E-state index >= 15 is 0 Å². The van der Waals surface area contributed by atoms with Crippen LogP contribution >= 0.6 is 0 Å². The van der Waals surface area contributed by atoms with Crippen molar-refractivity contribution in [2.24, 2.45) is 4.99 Å². The van der Waals surface area contributed by atoms with Crippen LogP contribution in [-0.2, 0) is 6.42 Å². The van der Waals surface area contributed by atoms with Gasteiger partial charge in [0.1, 0.15) is 5.84 Å². The molecule has 1 atom stereocenters. The van der Waals surface area contributed by atoms with Crippen molar-refractivity contribution in [1.82, 2.24) is 0 Å². The molecule has 2 aliphatic rings. The monoisotopic (exact) mass is 392 g/mol. The highest BCUT2D eigenvalue weighted by Crippen LogP contribution is 2.41. The number of fused-ring (bicyclic) bond motifs is 1. The maximum atomic E-state index is 5.01. The average molecular weight is 393 g/mol. The van der Waals surface area contributed by atoms with Crippen LogP contribution < -0.4 is 4.90 Å². The highest BCUT2D eigenvalue weighted by Gasteiger charge is 2.36. The zero-order chi connectivity index (χ0) is 20.3. The van der Waals surface area contributed by atoms with E-state index in [1.807, 2.05) is 0 Å². The van der Waals surface area contributed by atoms with Crippen molar-refractivity contribution in [3.63, 3.8) is 0 Å². The third-order valence-corrected chi connectivity index (χ3v) is 6.11. The Balaban J connectivity index is 1.50. The quantitative estimate of drug-likeness (QED) is 0.442. The molecule has 1 heterocycles. The summed E-state index contributed by atoms with van der Waals surface area (Å²) in [6.07, 6.45) is 12.1. The lowest BCUT2D eigenvalue weighted by molar-refractivity contribution is 0.651. The molecule has 0 saturated carbocycles. The zero-order valence-electron chi connectivity index (χ0n) is 17.6. The molecule has 1 unspecified atom stereocenters. The molecule has 5 rings (SSSR count). The van der Waals surface area contributed by atoms with Crippen LogP contribution in [0.3, 0.4) is 0 Å². The van der Waals surface area contributed by atoms with E-state index in [9.17, 15) is 0 Å². The van der Waals surface area contributed by atoms with Gasteiger partial charge in [-0.25, -0.2) is 4.99 Å². The summed E-state index contributed by atoms with van der Waals surface area (Å²) >= 11 is 0. The van der Waals surface area contributed by atoms with Crippen LogP contribution in [0.25, 0.3) is 10.8 Å². The fourth-order valence-corrected chi connectivity index (χ4v) is 4.48. The fourth-order valence-electron chi connectivity index (χ4n) is 4.48. The van der Waals surface area contributed by atoms with Gasteiger partial charge < -0.3 is 4.90 Å². The lowest BCUT2D eigenvalue weighted by Crippen LogP contribution is -2.47. The number of anilines is 1. The summed E-state index contributed by atoms with van der Waals surface area (Å²) < 4.78 is 0. The van der Waals surface area contributed by atoms with Crippen LogP contribution in [0.5, 0.6) is 0 Å². The summed E-state index contributed by atoms with van der Waals surface area (Å²) in [5.74, 6) is 1.16. The molecule has 1 fully saturated rings. The molecule has 1 aliphatic heterocycles. The van der Waals surface area contributed by atoms with Crippen molar-refractivity contribution in [2.75, 3.05) is 4.90 Å². The zero-order valence-corrected chi connectivity index (χ0v) is 17.6. The molecule has 150 valence electrons. The summed E-state index contributed by atoms with van der Waals surface area (Å²) in [5, 5.41) is 2.60. The molecule has 0 amide bonds. The van der Waals surface area contributed by atoms with Crippen LogP contribution in [0.2, 0.25) is 0 Å². The van der Waals surface area contributed by atoms with Crippen LogP contribution in [0.4, 0.5) is 5.69 Å². The SMILES string of the molecule is CCCc1ccc(N2/C(=N/C3=CCCC=C3)CC2c2ccc3ccccc3c2)cc1. The number of amidine groups is 1. The second-order valence-corrected chi connectivity index (χ2v) is 8.25. The number of allylic oxidation sites excluding steroid dienone is 3. The van der Waals surface area contributed by atoms with E-state index in [4.69, 9.17) is 4.99 Å². The van der Waals surface area contributed by atoms with E-state index in [2.05, 4.69) is 96.8 Å². The van der Waals surface area contributed by atoms with E-state index in [-0.39, 0.29) is 0 Å². The largest absolute Gasteiger partial charge is 0.322 e. The highest BCUT2D eigenvalue weighted by atomic mass is 15.3. The standard InChI is InChI=1S/C28H28N2/c1-2-8-21-13-17-26(18-14-21)30-27(20-28(30)29-25-11-4-3-5-12-25)24-16-15-22-9-6-7-10-23(22)19-24/h4,6-7,9-19,27H,2-3,5,8,20H2,1H3/b29-28+. The summed E-state index contributed by atoms with van der Waals surface area (Å²) in [6.45, 7) is 2.23. The Kier molecular flexibility index (Phi) is 5.23. The Hall–Kier alpha value is -3.13. The van der Waals surface area contributed by atoms with E-state index < -0.39 is 0 Å². The lowest BCUT2D eigenvalue weighted by atomic mass is 9.90. The minimum atomic E-state index is 0.332. The Morgan fingerprint density at radius 3 is 2.53 bits per heavy atom. The van der Waals surface area contributed by atoms with Gasteiger partial charge in [0.05, 0.1) is 11.7 Å². The third-order valence-electron chi connectivity index (χ3n) is 6.11. The maximum absolute atomic E-state index is 5.01. The van der Waals surface area contributed by atoms with Gasteiger partial charge in [-0.05, 0) is 65.4 Å². The van der Waals surface area contributed by atoms with E-state index in [1.54, 1.807) is 0 Å². The van der Waals surface area contributed by atoms with Gasteiger partial charge in [-0.2, -0.15) is 0 Å². The Morgan fingerprint density at radius 2 is 1.77 bits per heavy atom. The van der Waals surface area contributed by atoms with Crippen molar-refractivity contribution in [1.29, 1.82) is 0 Å². The Labute approximate surface area is 179 Å². The van der Waals surface area contributed by atoms with Crippen molar-refractivity contribution < 1.29 is 0 Å². The first-order valence-electron chi connectivity index (χ1n) is 11.1. The number of benzene rings is 3. The molecule has 2 heteroatoms. The second-order valence-electron chi connectivity index (χ2n) is 8.25. The molecule has 3 aromatic rings. The van der Waals surface area contributed by atoms with Gasteiger partial charge in [-0.15, -0.1) is 0 Å². The van der Waals surface area contributed by atoms with Crippen molar-refractivity contribution in [3.8, 4) is 0 Å². The number of hydrogen-bond donors (Lipinski definition) is 0. The highest BCUT2D eigenvalue weighted by molar-refractivity contribution is 6.06. The molecule has 3 aromatic carbocycles. The number of aryl methyl sites for hydroxylation is 1. The Bertz CT molecular complexity index is 1130. The summed E-state index contributed by atoms with van der Waals surface area (Å²) in [4.78, 5) is 7.43. The lowest BCUT2D eigenvalue weighted by Gasteiger charge is -2.44. The smallest absolute Gasteiger partial charge is 0.112 e. The molecular formula is C28H28N2. The van der Waals surface area contributed by atoms with Gasteiger partial charge in [0.25, 0.3) is 0 Å². The van der Waals surface area contributed by atoms with Crippen LogP contribution in [-0.4, -0.2) is 5.84 Å². The second kappa shape index (κ2) is 8.31. The average Bonchev–Trinajstić information content (AvgIpc) is 2.78. The van der Waals surface area contributed by atoms with Crippen molar-refractivity contribution >= 4 is 22.3 Å². The number of aliphatic imine (C=N–C) groups is 1. The van der Waals surface area contributed by atoms with Crippen LogP contribution in [0.15, 0.2) is 95.6 Å². The first-order valence-corrected chi connectivity index (χ1v) is 11.1. The predicted octanol–water partition coefficient (Wildman–Crippen LogP) is 7.38. The summed E-state index contributed by atoms with van der Waals surface area (Å²) in [6, 6.07) is 24.9. The van der Waals surface area contributed by atoms with E-state index in [0.717, 1.165) is 37.2 Å². The molecule has 2 nitrogen and oxygen atoms in total. The minimum Gasteiger partial charge on any atom is -0.322 e. The number of rotatable bonds is 5. The minimum absolute atomic E-state index is 0.332.